The van der Waals surface area contributed by atoms with E-state index in [0.29, 0.717) is 12.8 Å². The molecule has 0 radical (unpaired) electrons. The molecule has 0 aromatic rings. The first-order valence-corrected chi connectivity index (χ1v) is 6.39. The van der Waals surface area contributed by atoms with E-state index in [9.17, 15) is 14.6 Å². The van der Waals surface area contributed by atoms with Gasteiger partial charge in [-0.25, -0.2) is 0 Å². The van der Waals surface area contributed by atoms with Gasteiger partial charge < -0.3 is 20.6 Å². The van der Waals surface area contributed by atoms with Crippen LogP contribution in [0.25, 0.3) is 0 Å². The number of rotatable bonds is 6. The lowest BCUT2D eigenvalue weighted by molar-refractivity contribution is -0.139. The van der Waals surface area contributed by atoms with Crippen molar-refractivity contribution in [2.24, 2.45) is 11.1 Å². The van der Waals surface area contributed by atoms with Crippen LogP contribution in [0.15, 0.2) is 0 Å². The average molecular weight is 251 g/mol. The Morgan fingerprint density at radius 3 is 2.06 bits per heavy atom. The van der Waals surface area contributed by atoms with Crippen LogP contribution in [-0.2, 0) is 4.79 Å². The fourth-order valence-electron chi connectivity index (χ4n) is 2.00. The largest absolute Gasteiger partial charge is 0.480 e. The predicted molar refractivity (Wildman–Crippen MR) is 64.1 cm³/mol. The first-order chi connectivity index (χ1) is 6.98. The highest BCUT2D eigenvalue weighted by molar-refractivity contribution is 7.46. The summed E-state index contributed by atoms with van der Waals surface area (Å²) in [7, 11) is -2.04. The number of nitrogens with two attached hydrogens (primary N) is 1. The molecule has 16 heavy (non-hydrogen) atoms. The summed E-state index contributed by atoms with van der Waals surface area (Å²) in [5.41, 5.74) is 5.14. The molecule has 0 aromatic heterocycles. The maximum atomic E-state index is 10.7. The number of hydrogen-bond acceptors (Lipinski definition) is 4. The number of carboxylic acid groups (broad SMARTS) is 1. The topological polar surface area (TPSA) is 104 Å². The molecule has 0 amide bonds. The number of carboxylic acids is 1. The Balaban J connectivity index is 4.51. The molecule has 0 bridgehead atoms. The van der Waals surface area contributed by atoms with Gasteiger partial charge in [-0.2, -0.15) is 0 Å². The summed E-state index contributed by atoms with van der Waals surface area (Å²) in [6.07, 6.45) is 0.828. The van der Waals surface area contributed by atoms with Gasteiger partial charge in [-0.05, 0) is 18.3 Å². The lowest BCUT2D eigenvalue weighted by Gasteiger charge is -2.36. The molecule has 0 aromatic carbocycles. The Kier molecular flexibility index (Phi) is 5.33. The summed E-state index contributed by atoms with van der Waals surface area (Å²) in [5, 5.41) is 8.12. The van der Waals surface area contributed by atoms with Gasteiger partial charge in [-0.15, -0.1) is 0 Å². The van der Waals surface area contributed by atoms with Crippen molar-refractivity contribution < 1.29 is 19.7 Å². The van der Waals surface area contributed by atoms with Crippen molar-refractivity contribution in [3.05, 3.63) is 0 Å². The summed E-state index contributed by atoms with van der Waals surface area (Å²) in [6.45, 7) is 7.28. The van der Waals surface area contributed by atoms with Crippen LogP contribution in [0.3, 0.4) is 0 Å². The zero-order chi connectivity index (χ0) is 13.1. The van der Waals surface area contributed by atoms with E-state index in [2.05, 4.69) is 0 Å². The van der Waals surface area contributed by atoms with Crippen molar-refractivity contribution in [1.29, 1.82) is 0 Å². The SMILES string of the molecule is CC(C)(C[C@@H](N)C(=O)O)CC(C)(C)P(O)O. The van der Waals surface area contributed by atoms with Crippen molar-refractivity contribution in [3.8, 4) is 0 Å². The molecule has 5 nitrogen and oxygen atoms in total. The maximum absolute atomic E-state index is 10.7. The Labute approximate surface area is 97.6 Å². The first-order valence-electron chi connectivity index (χ1n) is 5.14. The Morgan fingerprint density at radius 2 is 1.75 bits per heavy atom. The highest BCUT2D eigenvalue weighted by Crippen LogP contribution is 2.49. The molecule has 0 fully saturated rings. The van der Waals surface area contributed by atoms with E-state index >= 15 is 0 Å². The second-order valence-electron chi connectivity index (χ2n) is 5.59. The molecule has 5 N–H and O–H groups in total. The Morgan fingerprint density at radius 1 is 1.31 bits per heavy atom. The molecular weight excluding hydrogens is 229 g/mol. The van der Waals surface area contributed by atoms with E-state index in [4.69, 9.17) is 10.8 Å². The number of aliphatic carboxylic acids is 1. The lowest BCUT2D eigenvalue weighted by Crippen LogP contribution is -2.37. The van der Waals surface area contributed by atoms with Gasteiger partial charge in [0.2, 0.25) is 0 Å². The molecule has 0 rings (SSSR count). The normalized spacial score (nSPS) is 15.2. The highest BCUT2D eigenvalue weighted by atomic mass is 31.2. The van der Waals surface area contributed by atoms with Crippen LogP contribution < -0.4 is 5.73 Å². The minimum Gasteiger partial charge on any atom is -0.480 e. The van der Waals surface area contributed by atoms with E-state index in [-0.39, 0.29) is 5.41 Å². The summed E-state index contributed by atoms with van der Waals surface area (Å²) in [6, 6.07) is -0.908. The van der Waals surface area contributed by atoms with Crippen LogP contribution in [0.2, 0.25) is 0 Å². The quantitative estimate of drug-likeness (QED) is 0.532. The summed E-state index contributed by atoms with van der Waals surface area (Å²) in [5.74, 6) is -1.03. The summed E-state index contributed by atoms with van der Waals surface area (Å²) < 4.78 is 0. The van der Waals surface area contributed by atoms with E-state index in [1.165, 1.54) is 0 Å². The molecule has 1 atom stereocenters. The van der Waals surface area contributed by atoms with Crippen LogP contribution in [-0.4, -0.2) is 32.1 Å². The third-order valence-electron chi connectivity index (χ3n) is 2.54. The second-order valence-corrected chi connectivity index (χ2v) is 7.38. The zero-order valence-corrected chi connectivity index (χ0v) is 11.2. The van der Waals surface area contributed by atoms with Crippen LogP contribution in [0.4, 0.5) is 0 Å². The molecule has 0 aliphatic heterocycles. The molecule has 0 spiro atoms. The van der Waals surface area contributed by atoms with Crippen molar-refractivity contribution >= 4 is 14.3 Å². The van der Waals surface area contributed by atoms with Gasteiger partial charge in [0.05, 0.1) is 0 Å². The van der Waals surface area contributed by atoms with Crippen molar-refractivity contribution in [1.82, 2.24) is 0 Å². The zero-order valence-electron chi connectivity index (χ0n) is 10.3. The molecule has 96 valence electrons. The van der Waals surface area contributed by atoms with Crippen molar-refractivity contribution in [3.63, 3.8) is 0 Å². The van der Waals surface area contributed by atoms with Crippen LogP contribution >= 0.6 is 8.38 Å². The smallest absolute Gasteiger partial charge is 0.320 e. The molecule has 0 heterocycles. The van der Waals surface area contributed by atoms with Crippen LogP contribution in [0.5, 0.6) is 0 Å². The van der Waals surface area contributed by atoms with E-state index in [1.807, 2.05) is 13.8 Å². The van der Waals surface area contributed by atoms with Gasteiger partial charge >= 0.3 is 5.97 Å². The molecular formula is C10H22NO4P. The average Bonchev–Trinajstić information content (AvgIpc) is 1.99. The third-order valence-corrected chi connectivity index (χ3v) is 3.78. The molecule has 0 aliphatic rings. The summed E-state index contributed by atoms with van der Waals surface area (Å²) >= 11 is 0. The summed E-state index contributed by atoms with van der Waals surface area (Å²) in [4.78, 5) is 29.2. The van der Waals surface area contributed by atoms with Gasteiger partial charge in [0.1, 0.15) is 6.04 Å². The molecule has 0 aliphatic carbocycles. The minimum absolute atomic E-state index is 0.314. The van der Waals surface area contributed by atoms with Crippen molar-refractivity contribution in [2.75, 3.05) is 0 Å². The van der Waals surface area contributed by atoms with E-state index in [1.54, 1.807) is 13.8 Å². The van der Waals surface area contributed by atoms with Gasteiger partial charge in [0.25, 0.3) is 0 Å². The molecule has 0 unspecified atom stereocenters. The Hall–Kier alpha value is -0.220. The monoisotopic (exact) mass is 251 g/mol. The van der Waals surface area contributed by atoms with Crippen LogP contribution in [0.1, 0.15) is 40.5 Å². The van der Waals surface area contributed by atoms with E-state index in [0.717, 1.165) is 0 Å². The van der Waals surface area contributed by atoms with E-state index < -0.39 is 25.5 Å². The number of hydrogen-bond donors (Lipinski definition) is 4. The number of carbonyl (C=O) groups is 1. The fourth-order valence-corrected chi connectivity index (χ4v) is 2.57. The molecule has 0 saturated heterocycles. The highest BCUT2D eigenvalue weighted by Gasteiger charge is 2.36. The Bertz CT molecular complexity index is 253. The van der Waals surface area contributed by atoms with Gasteiger partial charge in [0.15, 0.2) is 8.38 Å². The predicted octanol–water partition coefficient (Wildman–Crippen LogP) is 1.28. The van der Waals surface area contributed by atoms with Gasteiger partial charge in [-0.1, -0.05) is 27.7 Å². The van der Waals surface area contributed by atoms with Crippen molar-refractivity contribution in [2.45, 2.75) is 51.7 Å². The maximum Gasteiger partial charge on any atom is 0.320 e. The standard InChI is InChI=1S/C10H22NO4P/c1-9(2,5-7(11)8(12)13)6-10(3,4)16(14)15/h7,14-15H,5-6,11H2,1-4H3,(H,12,13)/t7-/m1/s1. The van der Waals surface area contributed by atoms with Crippen LogP contribution in [0, 0.1) is 5.41 Å². The molecule has 6 heteroatoms. The molecule has 0 saturated carbocycles. The fraction of sp³-hybridized carbons (Fsp3) is 0.900. The third kappa shape index (κ3) is 5.21. The first kappa shape index (κ1) is 15.8. The lowest BCUT2D eigenvalue weighted by atomic mass is 9.78. The van der Waals surface area contributed by atoms with Gasteiger partial charge in [0, 0.05) is 5.16 Å². The minimum atomic E-state index is -2.04. The van der Waals surface area contributed by atoms with Gasteiger partial charge in [-0.3, -0.25) is 4.79 Å². The second kappa shape index (κ2) is 5.41.